The Morgan fingerprint density at radius 2 is 2.19 bits per heavy atom. The van der Waals surface area contributed by atoms with Crippen LogP contribution in [0.3, 0.4) is 0 Å². The molecule has 2 aromatic rings. The molecule has 0 amide bonds. The zero-order valence-electron chi connectivity index (χ0n) is 12.7. The number of rotatable bonds is 4. The fourth-order valence-electron chi connectivity index (χ4n) is 3.41. The zero-order valence-corrected chi connectivity index (χ0v) is 12.7. The normalized spacial score (nSPS) is 17.4. The molecule has 1 aliphatic heterocycles. The number of aryl methyl sites for hydroxylation is 1. The van der Waals surface area contributed by atoms with Gasteiger partial charge in [-0.05, 0) is 30.0 Å². The number of benzene rings is 1. The second-order valence-corrected chi connectivity index (χ2v) is 6.11. The Morgan fingerprint density at radius 3 is 2.81 bits per heavy atom. The Balaban J connectivity index is 2.17. The molecular weight excluding hydrogens is 266 g/mol. The van der Waals surface area contributed by atoms with Gasteiger partial charge in [0, 0.05) is 29.6 Å². The highest BCUT2D eigenvalue weighted by Crippen LogP contribution is 2.40. The molecule has 1 aliphatic rings. The van der Waals surface area contributed by atoms with Crippen molar-refractivity contribution in [1.82, 2.24) is 4.57 Å². The van der Waals surface area contributed by atoms with Crippen LogP contribution in [0.4, 0.5) is 0 Å². The first kappa shape index (κ1) is 14.0. The quantitative estimate of drug-likeness (QED) is 0.932. The molecule has 2 heterocycles. The Hall–Kier alpha value is -1.97. The minimum atomic E-state index is -0.722. The molecule has 1 unspecified atom stereocenters. The molecule has 1 aromatic heterocycles. The predicted molar refractivity (Wildman–Crippen MR) is 82.2 cm³/mol. The number of methoxy groups -OCH3 is 1. The van der Waals surface area contributed by atoms with E-state index in [1.54, 1.807) is 7.11 Å². The molecule has 112 valence electrons. The molecule has 0 saturated heterocycles. The SMILES string of the molecule is COc1cc(C(C)C)c2cc3n(c2c1)CCC3CC(=O)O. The van der Waals surface area contributed by atoms with Crippen LogP contribution in [0.25, 0.3) is 10.9 Å². The molecule has 0 radical (unpaired) electrons. The summed E-state index contributed by atoms with van der Waals surface area (Å²) in [6, 6.07) is 6.34. The second-order valence-electron chi connectivity index (χ2n) is 6.11. The highest BCUT2D eigenvalue weighted by atomic mass is 16.5. The van der Waals surface area contributed by atoms with Gasteiger partial charge in [-0.3, -0.25) is 4.79 Å². The minimum absolute atomic E-state index is 0.126. The van der Waals surface area contributed by atoms with Crippen LogP contribution in [0.15, 0.2) is 18.2 Å². The van der Waals surface area contributed by atoms with Crippen molar-refractivity contribution in [1.29, 1.82) is 0 Å². The van der Waals surface area contributed by atoms with Crippen molar-refractivity contribution >= 4 is 16.9 Å². The van der Waals surface area contributed by atoms with Gasteiger partial charge in [0.1, 0.15) is 5.75 Å². The Morgan fingerprint density at radius 1 is 1.43 bits per heavy atom. The van der Waals surface area contributed by atoms with Crippen molar-refractivity contribution in [3.8, 4) is 5.75 Å². The molecular formula is C17H21NO3. The van der Waals surface area contributed by atoms with Gasteiger partial charge >= 0.3 is 5.97 Å². The van der Waals surface area contributed by atoms with Crippen molar-refractivity contribution in [3.63, 3.8) is 0 Å². The van der Waals surface area contributed by atoms with E-state index >= 15 is 0 Å². The Bertz CT molecular complexity index is 700. The van der Waals surface area contributed by atoms with Crippen LogP contribution in [0, 0.1) is 0 Å². The van der Waals surface area contributed by atoms with E-state index in [2.05, 4.69) is 36.6 Å². The van der Waals surface area contributed by atoms with Gasteiger partial charge < -0.3 is 14.4 Å². The van der Waals surface area contributed by atoms with Crippen molar-refractivity contribution in [3.05, 3.63) is 29.5 Å². The summed E-state index contributed by atoms with van der Waals surface area (Å²) in [6.45, 7) is 5.24. The summed E-state index contributed by atoms with van der Waals surface area (Å²) in [5.41, 5.74) is 3.59. The van der Waals surface area contributed by atoms with Crippen LogP contribution >= 0.6 is 0 Å². The largest absolute Gasteiger partial charge is 0.497 e. The van der Waals surface area contributed by atoms with Gasteiger partial charge in [-0.15, -0.1) is 0 Å². The molecule has 4 heteroatoms. The van der Waals surface area contributed by atoms with Crippen molar-refractivity contribution < 1.29 is 14.6 Å². The minimum Gasteiger partial charge on any atom is -0.497 e. The summed E-state index contributed by atoms with van der Waals surface area (Å²) < 4.78 is 7.69. The fourth-order valence-corrected chi connectivity index (χ4v) is 3.41. The maximum atomic E-state index is 11.0. The molecule has 1 aromatic carbocycles. The summed E-state index contributed by atoms with van der Waals surface area (Å²) >= 11 is 0. The first-order valence-electron chi connectivity index (χ1n) is 7.44. The number of ether oxygens (including phenoxy) is 1. The number of carboxylic acids is 1. The molecule has 21 heavy (non-hydrogen) atoms. The molecule has 0 fully saturated rings. The Labute approximate surface area is 124 Å². The summed E-state index contributed by atoms with van der Waals surface area (Å²) in [5.74, 6) is 0.679. The van der Waals surface area contributed by atoms with Gasteiger partial charge in [0.05, 0.1) is 19.0 Å². The van der Waals surface area contributed by atoms with Crippen LogP contribution in [0.5, 0.6) is 5.75 Å². The number of aromatic nitrogens is 1. The van der Waals surface area contributed by atoms with Crippen LogP contribution in [-0.2, 0) is 11.3 Å². The van der Waals surface area contributed by atoms with Gasteiger partial charge in [0.2, 0.25) is 0 Å². The van der Waals surface area contributed by atoms with Gasteiger partial charge in [-0.2, -0.15) is 0 Å². The molecule has 0 aliphatic carbocycles. The number of carboxylic acid groups (broad SMARTS) is 1. The van der Waals surface area contributed by atoms with E-state index in [0.29, 0.717) is 5.92 Å². The fraction of sp³-hybridized carbons (Fsp3) is 0.471. The number of fused-ring (bicyclic) bond motifs is 3. The number of nitrogens with zero attached hydrogens (tertiary/aromatic N) is 1. The van der Waals surface area contributed by atoms with Crippen LogP contribution in [0.2, 0.25) is 0 Å². The highest BCUT2D eigenvalue weighted by Gasteiger charge is 2.27. The number of hydrogen-bond acceptors (Lipinski definition) is 2. The average Bonchev–Trinajstić information content (AvgIpc) is 2.97. The number of hydrogen-bond donors (Lipinski definition) is 1. The lowest BCUT2D eigenvalue weighted by atomic mass is 9.96. The van der Waals surface area contributed by atoms with Gasteiger partial charge in [-0.25, -0.2) is 0 Å². The molecule has 1 N–H and O–H groups in total. The first-order valence-corrected chi connectivity index (χ1v) is 7.44. The van der Waals surface area contributed by atoms with Crippen molar-refractivity contribution in [2.45, 2.75) is 45.1 Å². The van der Waals surface area contributed by atoms with E-state index in [9.17, 15) is 4.79 Å². The summed E-state index contributed by atoms with van der Waals surface area (Å²) in [5, 5.41) is 10.3. The maximum Gasteiger partial charge on any atom is 0.304 e. The molecule has 1 atom stereocenters. The summed E-state index contributed by atoms with van der Waals surface area (Å²) in [6.07, 6.45) is 1.12. The van der Waals surface area contributed by atoms with Gasteiger partial charge in [-0.1, -0.05) is 13.8 Å². The Kier molecular flexibility index (Phi) is 3.40. The van der Waals surface area contributed by atoms with Crippen LogP contribution in [-0.4, -0.2) is 22.8 Å². The number of aliphatic carboxylic acids is 1. The topological polar surface area (TPSA) is 51.5 Å². The van der Waals surface area contributed by atoms with E-state index < -0.39 is 5.97 Å². The first-order chi connectivity index (χ1) is 10.0. The van der Waals surface area contributed by atoms with Crippen LogP contribution in [0.1, 0.15) is 49.8 Å². The average molecular weight is 287 g/mol. The van der Waals surface area contributed by atoms with Crippen molar-refractivity contribution in [2.75, 3.05) is 7.11 Å². The summed E-state index contributed by atoms with van der Waals surface area (Å²) in [4.78, 5) is 11.0. The predicted octanol–water partition coefficient (Wildman–Crippen LogP) is 3.74. The van der Waals surface area contributed by atoms with E-state index in [-0.39, 0.29) is 12.3 Å². The van der Waals surface area contributed by atoms with Gasteiger partial charge in [0.15, 0.2) is 0 Å². The second kappa shape index (κ2) is 5.10. The number of carbonyl (C=O) groups is 1. The van der Waals surface area contributed by atoms with E-state index in [4.69, 9.17) is 9.84 Å². The van der Waals surface area contributed by atoms with Gasteiger partial charge in [0.25, 0.3) is 0 Å². The third-order valence-electron chi connectivity index (χ3n) is 4.46. The standard InChI is InChI=1S/C17H21NO3/c1-10(2)13-7-12(21-3)8-16-14(13)9-15-11(6-17(19)20)4-5-18(15)16/h7-11H,4-6H2,1-3H3,(H,19,20). The third-order valence-corrected chi connectivity index (χ3v) is 4.46. The van der Waals surface area contributed by atoms with E-state index in [1.807, 2.05) is 0 Å². The van der Waals surface area contributed by atoms with E-state index in [0.717, 1.165) is 24.4 Å². The third kappa shape index (κ3) is 2.28. The zero-order chi connectivity index (χ0) is 15.1. The van der Waals surface area contributed by atoms with Crippen LogP contribution < -0.4 is 4.74 Å². The molecule has 0 saturated carbocycles. The highest BCUT2D eigenvalue weighted by molar-refractivity contribution is 5.87. The molecule has 0 bridgehead atoms. The lowest BCUT2D eigenvalue weighted by Gasteiger charge is -2.11. The maximum absolute atomic E-state index is 11.0. The summed E-state index contributed by atoms with van der Waals surface area (Å²) in [7, 11) is 1.69. The molecule has 0 spiro atoms. The van der Waals surface area contributed by atoms with Crippen molar-refractivity contribution in [2.24, 2.45) is 0 Å². The van der Waals surface area contributed by atoms with E-state index in [1.165, 1.54) is 16.5 Å². The monoisotopic (exact) mass is 287 g/mol. The lowest BCUT2D eigenvalue weighted by Crippen LogP contribution is -2.02. The lowest BCUT2D eigenvalue weighted by molar-refractivity contribution is -0.137. The molecule has 4 nitrogen and oxygen atoms in total. The molecule has 3 rings (SSSR count). The smallest absolute Gasteiger partial charge is 0.304 e.